The van der Waals surface area contributed by atoms with Gasteiger partial charge in [-0.2, -0.15) is 0 Å². The van der Waals surface area contributed by atoms with E-state index in [1.807, 2.05) is 4.90 Å². The third kappa shape index (κ3) is 2.11. The van der Waals surface area contributed by atoms with Crippen LogP contribution >= 0.6 is 0 Å². The fourth-order valence-corrected chi connectivity index (χ4v) is 3.29. The molecule has 3 rings (SSSR count). The van der Waals surface area contributed by atoms with E-state index in [4.69, 9.17) is 5.73 Å². The Labute approximate surface area is 117 Å². The number of nitrogens with zero attached hydrogens (tertiary/aromatic N) is 3. The van der Waals surface area contributed by atoms with Crippen molar-refractivity contribution < 1.29 is 9.59 Å². The Morgan fingerprint density at radius 1 is 1.35 bits per heavy atom. The minimum atomic E-state index is 0.0509. The molecule has 0 aliphatic carbocycles. The average molecular weight is 274 g/mol. The molecule has 2 saturated heterocycles. The number of carbonyl (C=O) groups is 2. The number of anilines is 2. The number of amides is 2. The van der Waals surface area contributed by atoms with Gasteiger partial charge in [-0.05, 0) is 25.0 Å². The van der Waals surface area contributed by atoms with Gasteiger partial charge < -0.3 is 15.5 Å². The first-order valence-corrected chi connectivity index (χ1v) is 6.87. The summed E-state index contributed by atoms with van der Waals surface area (Å²) in [6.07, 6.45) is 3.88. The first kappa shape index (κ1) is 12.9. The number of pyridine rings is 1. The summed E-state index contributed by atoms with van der Waals surface area (Å²) in [4.78, 5) is 31.8. The summed E-state index contributed by atoms with van der Waals surface area (Å²) in [5.74, 6) is 0.542. The zero-order chi connectivity index (χ0) is 14.3. The molecule has 2 aliphatic rings. The van der Waals surface area contributed by atoms with Crippen molar-refractivity contribution in [2.24, 2.45) is 0 Å². The number of hydrogen-bond donors (Lipinski definition) is 1. The van der Waals surface area contributed by atoms with Crippen LogP contribution in [-0.2, 0) is 9.59 Å². The van der Waals surface area contributed by atoms with E-state index < -0.39 is 0 Å². The molecule has 2 N–H and O–H groups in total. The third-order valence-corrected chi connectivity index (χ3v) is 4.17. The molecule has 6 nitrogen and oxygen atoms in total. The van der Waals surface area contributed by atoms with E-state index in [0.717, 1.165) is 18.5 Å². The van der Waals surface area contributed by atoms with E-state index in [1.165, 1.54) is 0 Å². The molecule has 0 spiro atoms. The van der Waals surface area contributed by atoms with Gasteiger partial charge in [0.25, 0.3) is 0 Å². The monoisotopic (exact) mass is 274 g/mol. The van der Waals surface area contributed by atoms with Gasteiger partial charge in [-0.3, -0.25) is 9.59 Å². The van der Waals surface area contributed by atoms with Gasteiger partial charge in [0.15, 0.2) is 0 Å². The van der Waals surface area contributed by atoms with E-state index in [-0.39, 0.29) is 23.9 Å². The van der Waals surface area contributed by atoms with E-state index in [2.05, 4.69) is 4.98 Å². The van der Waals surface area contributed by atoms with Crippen LogP contribution in [0.3, 0.4) is 0 Å². The number of nitrogen functional groups attached to an aromatic ring is 1. The minimum absolute atomic E-state index is 0.0509. The molecule has 20 heavy (non-hydrogen) atoms. The molecule has 0 radical (unpaired) electrons. The standard InChI is InChI=1S/C14H18N4O2/c1-9(19)18-10-2-3-12(18)8-17(14(20)6-10)11-4-5-13(15)16-7-11/h4-5,7,10,12H,2-3,6,8H2,1H3,(H2,15,16). The minimum Gasteiger partial charge on any atom is -0.384 e. The van der Waals surface area contributed by atoms with Gasteiger partial charge in [0.1, 0.15) is 5.82 Å². The van der Waals surface area contributed by atoms with Crippen molar-refractivity contribution in [1.82, 2.24) is 9.88 Å². The van der Waals surface area contributed by atoms with Crippen molar-refractivity contribution in [3.8, 4) is 0 Å². The van der Waals surface area contributed by atoms with E-state index in [9.17, 15) is 9.59 Å². The molecule has 1 aromatic heterocycles. The van der Waals surface area contributed by atoms with Crippen LogP contribution in [-0.4, -0.2) is 40.3 Å². The lowest BCUT2D eigenvalue weighted by Crippen LogP contribution is -2.42. The van der Waals surface area contributed by atoms with Gasteiger partial charge in [-0.1, -0.05) is 0 Å². The SMILES string of the molecule is CC(=O)N1C2CCC1CN(c1ccc(N)nc1)C(=O)C2. The van der Waals surface area contributed by atoms with Gasteiger partial charge in [-0.15, -0.1) is 0 Å². The molecule has 2 atom stereocenters. The van der Waals surface area contributed by atoms with Crippen LogP contribution in [0.15, 0.2) is 18.3 Å². The molecular weight excluding hydrogens is 256 g/mol. The quantitative estimate of drug-likeness (QED) is 0.820. The maximum Gasteiger partial charge on any atom is 0.229 e. The lowest BCUT2D eigenvalue weighted by atomic mass is 10.1. The van der Waals surface area contributed by atoms with Gasteiger partial charge in [0.2, 0.25) is 11.8 Å². The topological polar surface area (TPSA) is 79.5 Å². The molecule has 0 saturated carbocycles. The molecule has 2 unspecified atom stereocenters. The number of nitrogens with two attached hydrogens (primary N) is 1. The molecule has 2 bridgehead atoms. The molecule has 2 amide bonds. The largest absolute Gasteiger partial charge is 0.384 e. The molecule has 1 aromatic rings. The zero-order valence-electron chi connectivity index (χ0n) is 11.5. The lowest BCUT2D eigenvalue weighted by Gasteiger charge is -2.27. The predicted octanol–water partition coefficient (Wildman–Crippen LogP) is 0.780. The summed E-state index contributed by atoms with van der Waals surface area (Å²) in [5.41, 5.74) is 6.33. The number of fused-ring (bicyclic) bond motifs is 2. The number of hydrogen-bond acceptors (Lipinski definition) is 4. The highest BCUT2D eigenvalue weighted by atomic mass is 16.2. The van der Waals surface area contributed by atoms with Gasteiger partial charge in [0.05, 0.1) is 17.9 Å². The summed E-state index contributed by atoms with van der Waals surface area (Å²) in [5, 5.41) is 0. The highest BCUT2D eigenvalue weighted by Crippen LogP contribution is 2.32. The van der Waals surface area contributed by atoms with Crippen LogP contribution in [0.5, 0.6) is 0 Å². The summed E-state index contributed by atoms with van der Waals surface area (Å²) < 4.78 is 0. The number of carbonyl (C=O) groups excluding carboxylic acids is 2. The second-order valence-electron chi connectivity index (χ2n) is 5.46. The smallest absolute Gasteiger partial charge is 0.229 e. The van der Waals surface area contributed by atoms with Gasteiger partial charge >= 0.3 is 0 Å². The maximum absolute atomic E-state index is 12.4. The molecular formula is C14H18N4O2. The molecule has 3 heterocycles. The van der Waals surface area contributed by atoms with Crippen molar-refractivity contribution in [3.63, 3.8) is 0 Å². The van der Waals surface area contributed by atoms with Crippen LogP contribution in [0.4, 0.5) is 11.5 Å². The van der Waals surface area contributed by atoms with Crippen LogP contribution in [0.2, 0.25) is 0 Å². The Morgan fingerprint density at radius 2 is 2.10 bits per heavy atom. The Bertz CT molecular complexity index is 543. The molecule has 0 aromatic carbocycles. The van der Waals surface area contributed by atoms with Gasteiger partial charge in [-0.25, -0.2) is 4.98 Å². The molecule has 6 heteroatoms. The first-order chi connectivity index (χ1) is 9.56. The Hall–Kier alpha value is -2.11. The average Bonchev–Trinajstić information content (AvgIpc) is 2.72. The van der Waals surface area contributed by atoms with Crippen molar-refractivity contribution in [2.45, 2.75) is 38.3 Å². The summed E-state index contributed by atoms with van der Waals surface area (Å²) >= 11 is 0. The normalized spacial score (nSPS) is 25.8. The van der Waals surface area contributed by atoms with Crippen molar-refractivity contribution >= 4 is 23.3 Å². The summed E-state index contributed by atoms with van der Waals surface area (Å²) in [6, 6.07) is 3.66. The number of aromatic nitrogens is 1. The number of rotatable bonds is 1. The second-order valence-corrected chi connectivity index (χ2v) is 5.46. The Morgan fingerprint density at radius 3 is 2.75 bits per heavy atom. The van der Waals surface area contributed by atoms with Crippen LogP contribution in [0.1, 0.15) is 26.2 Å². The van der Waals surface area contributed by atoms with Gasteiger partial charge in [0, 0.05) is 25.9 Å². The Balaban J connectivity index is 1.89. The fourth-order valence-electron chi connectivity index (χ4n) is 3.29. The van der Waals surface area contributed by atoms with Crippen molar-refractivity contribution in [1.29, 1.82) is 0 Å². The van der Waals surface area contributed by atoms with Crippen molar-refractivity contribution in [2.75, 3.05) is 17.2 Å². The van der Waals surface area contributed by atoms with E-state index >= 15 is 0 Å². The molecule has 2 aliphatic heterocycles. The second kappa shape index (κ2) is 4.77. The summed E-state index contributed by atoms with van der Waals surface area (Å²) in [7, 11) is 0. The third-order valence-electron chi connectivity index (χ3n) is 4.17. The molecule has 106 valence electrons. The summed E-state index contributed by atoms with van der Waals surface area (Å²) in [6.45, 7) is 2.12. The van der Waals surface area contributed by atoms with E-state index in [1.54, 1.807) is 30.2 Å². The van der Waals surface area contributed by atoms with Crippen LogP contribution in [0.25, 0.3) is 0 Å². The van der Waals surface area contributed by atoms with E-state index in [0.29, 0.717) is 18.8 Å². The van der Waals surface area contributed by atoms with Crippen LogP contribution < -0.4 is 10.6 Å². The maximum atomic E-state index is 12.4. The van der Waals surface area contributed by atoms with Crippen LogP contribution in [0, 0.1) is 0 Å². The lowest BCUT2D eigenvalue weighted by molar-refractivity contribution is -0.131. The molecule has 2 fully saturated rings. The fraction of sp³-hybridized carbons (Fsp3) is 0.500. The zero-order valence-corrected chi connectivity index (χ0v) is 11.5. The Kier molecular flexibility index (Phi) is 3.08. The highest BCUT2D eigenvalue weighted by Gasteiger charge is 2.41. The predicted molar refractivity (Wildman–Crippen MR) is 74.9 cm³/mol. The van der Waals surface area contributed by atoms with Crippen molar-refractivity contribution in [3.05, 3.63) is 18.3 Å². The first-order valence-electron chi connectivity index (χ1n) is 6.87. The highest BCUT2D eigenvalue weighted by molar-refractivity contribution is 5.95.